The number of carbonyl (C=O) groups is 2. The lowest BCUT2D eigenvalue weighted by Gasteiger charge is -2.28. The first-order valence-corrected chi connectivity index (χ1v) is 8.19. The molecule has 0 saturated heterocycles. The second-order valence-corrected chi connectivity index (χ2v) is 5.53. The molecule has 1 rings (SSSR count). The Morgan fingerprint density at radius 3 is 2.57 bits per heavy atom. The molecular weight excluding hydrogens is 318 g/mol. The Morgan fingerprint density at radius 1 is 1.26 bits per heavy atom. The molecule has 0 bridgehead atoms. The van der Waals surface area contributed by atoms with E-state index in [-0.39, 0.29) is 30.9 Å². The topological polar surface area (TPSA) is 55.8 Å². The summed E-state index contributed by atoms with van der Waals surface area (Å²) < 4.78 is 10.4. The fourth-order valence-corrected chi connectivity index (χ4v) is 2.23. The Kier molecular flexibility index (Phi) is 8.48. The molecule has 1 aromatic carbocycles. The van der Waals surface area contributed by atoms with E-state index in [4.69, 9.17) is 21.1 Å². The minimum atomic E-state index is -0.305. The van der Waals surface area contributed by atoms with Crippen molar-refractivity contribution in [1.82, 2.24) is 4.90 Å². The highest BCUT2D eigenvalue weighted by molar-refractivity contribution is 6.32. The molecule has 0 aromatic heterocycles. The van der Waals surface area contributed by atoms with E-state index in [0.717, 1.165) is 6.42 Å². The number of carbonyl (C=O) groups excluding carboxylic acids is 2. The number of hydrogen-bond acceptors (Lipinski definition) is 4. The van der Waals surface area contributed by atoms with E-state index in [0.29, 0.717) is 23.9 Å². The number of halogens is 1. The number of ether oxygens (including phenoxy) is 2. The molecule has 0 radical (unpaired) electrons. The van der Waals surface area contributed by atoms with E-state index < -0.39 is 0 Å². The van der Waals surface area contributed by atoms with Gasteiger partial charge in [0.2, 0.25) is 0 Å². The van der Waals surface area contributed by atoms with Gasteiger partial charge in [-0.3, -0.25) is 9.59 Å². The van der Waals surface area contributed by atoms with Crippen molar-refractivity contribution in [3.05, 3.63) is 29.3 Å². The number of esters is 1. The van der Waals surface area contributed by atoms with Gasteiger partial charge >= 0.3 is 5.97 Å². The highest BCUT2D eigenvalue weighted by Gasteiger charge is 2.21. The molecular formula is C17H24ClNO4. The van der Waals surface area contributed by atoms with Crippen LogP contribution in [0.5, 0.6) is 5.75 Å². The van der Waals surface area contributed by atoms with Crippen molar-refractivity contribution in [2.24, 2.45) is 0 Å². The van der Waals surface area contributed by atoms with Crippen molar-refractivity contribution in [3.63, 3.8) is 0 Å². The van der Waals surface area contributed by atoms with E-state index in [2.05, 4.69) is 0 Å². The zero-order chi connectivity index (χ0) is 17.2. The molecule has 6 heteroatoms. The Labute approximate surface area is 142 Å². The highest BCUT2D eigenvalue weighted by atomic mass is 35.5. The molecule has 128 valence electrons. The smallest absolute Gasteiger partial charge is 0.307 e. The summed E-state index contributed by atoms with van der Waals surface area (Å²) >= 11 is 6.00. The quantitative estimate of drug-likeness (QED) is 0.647. The van der Waals surface area contributed by atoms with Crippen molar-refractivity contribution in [3.8, 4) is 5.75 Å². The van der Waals surface area contributed by atoms with Crippen LogP contribution in [-0.2, 0) is 14.3 Å². The molecule has 1 aromatic rings. The second-order valence-electron chi connectivity index (χ2n) is 5.12. The molecule has 0 heterocycles. The van der Waals surface area contributed by atoms with Gasteiger partial charge < -0.3 is 14.4 Å². The van der Waals surface area contributed by atoms with Crippen LogP contribution in [0.2, 0.25) is 5.02 Å². The highest BCUT2D eigenvalue weighted by Crippen LogP contribution is 2.23. The van der Waals surface area contributed by atoms with Crippen molar-refractivity contribution in [2.75, 3.05) is 19.8 Å². The number of amides is 1. The lowest BCUT2D eigenvalue weighted by Crippen LogP contribution is -2.42. The van der Waals surface area contributed by atoms with Crippen LogP contribution in [0.3, 0.4) is 0 Å². The minimum Gasteiger partial charge on any atom is -0.482 e. The number of nitrogens with zero attached hydrogens (tertiary/aromatic N) is 1. The van der Waals surface area contributed by atoms with E-state index in [9.17, 15) is 9.59 Å². The Balaban J connectivity index is 2.61. The fourth-order valence-electron chi connectivity index (χ4n) is 2.04. The molecule has 23 heavy (non-hydrogen) atoms. The van der Waals surface area contributed by atoms with Crippen LogP contribution in [0.15, 0.2) is 24.3 Å². The first kappa shape index (κ1) is 19.3. The van der Waals surface area contributed by atoms with Crippen LogP contribution in [-0.4, -0.2) is 42.6 Å². The summed E-state index contributed by atoms with van der Waals surface area (Å²) in [7, 11) is 0. The van der Waals surface area contributed by atoms with Gasteiger partial charge in [-0.2, -0.15) is 0 Å². The van der Waals surface area contributed by atoms with E-state index >= 15 is 0 Å². The summed E-state index contributed by atoms with van der Waals surface area (Å²) in [6.07, 6.45) is 0.969. The van der Waals surface area contributed by atoms with Gasteiger partial charge in [0.25, 0.3) is 5.91 Å². The van der Waals surface area contributed by atoms with Crippen LogP contribution in [0, 0.1) is 0 Å². The van der Waals surface area contributed by atoms with Crippen LogP contribution >= 0.6 is 11.6 Å². The molecule has 1 atom stereocenters. The molecule has 0 fully saturated rings. The third kappa shape index (κ3) is 6.48. The summed E-state index contributed by atoms with van der Waals surface area (Å²) in [5.41, 5.74) is 0. The lowest BCUT2D eigenvalue weighted by atomic mass is 10.2. The molecule has 1 unspecified atom stereocenters. The summed E-state index contributed by atoms with van der Waals surface area (Å²) in [5, 5.41) is 0.460. The van der Waals surface area contributed by atoms with Gasteiger partial charge in [0, 0.05) is 12.6 Å². The minimum absolute atomic E-state index is 0.0202. The molecule has 0 aliphatic rings. The average molecular weight is 342 g/mol. The monoisotopic (exact) mass is 341 g/mol. The average Bonchev–Trinajstić information content (AvgIpc) is 2.54. The third-order valence-corrected chi connectivity index (χ3v) is 3.81. The van der Waals surface area contributed by atoms with Crippen LogP contribution in [0.4, 0.5) is 0 Å². The van der Waals surface area contributed by atoms with Gasteiger partial charge in [-0.15, -0.1) is 0 Å². The number of rotatable bonds is 9. The normalized spacial score (nSPS) is 11.7. The summed E-state index contributed by atoms with van der Waals surface area (Å²) in [4.78, 5) is 25.5. The molecule has 5 nitrogen and oxygen atoms in total. The maximum Gasteiger partial charge on any atom is 0.307 e. The molecule has 0 N–H and O–H groups in total. The van der Waals surface area contributed by atoms with Crippen molar-refractivity contribution >= 4 is 23.5 Å². The van der Waals surface area contributed by atoms with E-state index in [1.807, 2.05) is 13.8 Å². The third-order valence-electron chi connectivity index (χ3n) is 3.49. The van der Waals surface area contributed by atoms with Crippen molar-refractivity contribution < 1.29 is 19.1 Å². The van der Waals surface area contributed by atoms with Gasteiger partial charge in [-0.1, -0.05) is 30.7 Å². The van der Waals surface area contributed by atoms with Crippen LogP contribution in [0.25, 0.3) is 0 Å². The van der Waals surface area contributed by atoms with E-state index in [1.165, 1.54) is 0 Å². The maximum atomic E-state index is 12.4. The molecule has 0 aliphatic carbocycles. The Morgan fingerprint density at radius 2 is 1.96 bits per heavy atom. The first-order valence-electron chi connectivity index (χ1n) is 7.82. The summed E-state index contributed by atoms with van der Waals surface area (Å²) in [5.74, 6) is -0.0128. The van der Waals surface area contributed by atoms with Gasteiger partial charge in [-0.05, 0) is 32.4 Å². The van der Waals surface area contributed by atoms with E-state index in [1.54, 1.807) is 36.1 Å². The van der Waals surface area contributed by atoms with Crippen LogP contribution < -0.4 is 4.74 Å². The number of benzene rings is 1. The van der Waals surface area contributed by atoms with Crippen molar-refractivity contribution in [2.45, 2.75) is 39.7 Å². The zero-order valence-electron chi connectivity index (χ0n) is 13.9. The van der Waals surface area contributed by atoms with Gasteiger partial charge in [0.1, 0.15) is 5.75 Å². The van der Waals surface area contributed by atoms with Crippen LogP contribution in [0.1, 0.15) is 33.6 Å². The lowest BCUT2D eigenvalue weighted by molar-refractivity contribution is -0.144. The Hall–Kier alpha value is -1.75. The maximum absolute atomic E-state index is 12.4. The summed E-state index contributed by atoms with van der Waals surface area (Å²) in [6.45, 7) is 6.23. The number of hydrogen-bond donors (Lipinski definition) is 0. The van der Waals surface area contributed by atoms with Gasteiger partial charge in [-0.25, -0.2) is 0 Å². The summed E-state index contributed by atoms with van der Waals surface area (Å²) in [6, 6.07) is 7.02. The molecule has 0 saturated carbocycles. The molecule has 0 spiro atoms. The fraction of sp³-hybridized carbons (Fsp3) is 0.529. The standard InChI is InChI=1S/C17H24ClNO4/c1-4-13(3)19(11-10-17(21)22-5-2)16(20)12-23-15-9-7-6-8-14(15)18/h6-9,13H,4-5,10-12H2,1-3H3. The van der Waals surface area contributed by atoms with Gasteiger partial charge in [0.15, 0.2) is 6.61 Å². The second kappa shape index (κ2) is 10.1. The molecule has 1 amide bonds. The largest absolute Gasteiger partial charge is 0.482 e. The molecule has 0 aliphatic heterocycles. The first-order chi connectivity index (χ1) is 11.0. The zero-order valence-corrected chi connectivity index (χ0v) is 14.6. The van der Waals surface area contributed by atoms with Gasteiger partial charge in [0.05, 0.1) is 18.1 Å². The SMILES string of the molecule is CCOC(=O)CCN(C(=O)COc1ccccc1Cl)C(C)CC. The predicted molar refractivity (Wildman–Crippen MR) is 89.7 cm³/mol. The Bertz CT molecular complexity index is 521. The predicted octanol–water partition coefficient (Wildman–Crippen LogP) is 3.30. The van der Waals surface area contributed by atoms with Crippen molar-refractivity contribution in [1.29, 1.82) is 0 Å². The number of para-hydroxylation sites is 1.